The topological polar surface area (TPSA) is 71.1 Å². The number of hydrogen-bond acceptors (Lipinski definition) is 6. The summed E-state index contributed by atoms with van der Waals surface area (Å²) in [5, 5.41) is 0. The van der Waals surface area contributed by atoms with E-state index in [2.05, 4.69) is 13.2 Å². The fraction of sp³-hybridized carbons (Fsp3) is 0.294. The lowest BCUT2D eigenvalue weighted by Crippen LogP contribution is -2.26. The second-order valence-corrected chi connectivity index (χ2v) is 4.43. The molecule has 6 nitrogen and oxygen atoms in total. The maximum absolute atomic E-state index is 11.2. The van der Waals surface area contributed by atoms with E-state index < -0.39 is 30.8 Å². The molecule has 1 aromatic rings. The van der Waals surface area contributed by atoms with Crippen LogP contribution < -0.4 is 0 Å². The minimum absolute atomic E-state index is 0.615. The molecule has 0 aromatic heterocycles. The second kappa shape index (κ2) is 9.55. The molecular formula is C17H20O6. The fourth-order valence-electron chi connectivity index (χ4n) is 1.63. The molecule has 0 aliphatic rings. The van der Waals surface area contributed by atoms with Crippen molar-refractivity contribution in [2.24, 2.45) is 0 Å². The molecule has 0 bridgehead atoms. The number of carbonyl (C=O) groups is 2. The zero-order chi connectivity index (χ0) is 17.2. The van der Waals surface area contributed by atoms with Gasteiger partial charge in [0.2, 0.25) is 12.6 Å². The van der Waals surface area contributed by atoms with Crippen molar-refractivity contribution in [2.45, 2.75) is 32.7 Å². The Kier molecular flexibility index (Phi) is 7.73. The molecule has 0 radical (unpaired) electrons. The highest BCUT2D eigenvalue weighted by Crippen LogP contribution is 2.23. The lowest BCUT2D eigenvalue weighted by atomic mass is 10.2. The summed E-state index contributed by atoms with van der Waals surface area (Å²) in [6.07, 6.45) is -0.586. The molecule has 0 saturated heterocycles. The molecule has 2 atom stereocenters. The first kappa shape index (κ1) is 18.6. The van der Waals surface area contributed by atoms with Crippen molar-refractivity contribution < 1.29 is 28.5 Å². The Hall–Kier alpha value is -2.44. The number of esters is 2. The normalized spacial score (nSPS) is 14.2. The molecule has 0 aliphatic heterocycles. The van der Waals surface area contributed by atoms with E-state index in [1.54, 1.807) is 38.1 Å². The Labute approximate surface area is 135 Å². The lowest BCUT2D eigenvalue weighted by molar-refractivity contribution is -0.278. The van der Waals surface area contributed by atoms with Gasteiger partial charge in [0.25, 0.3) is 0 Å². The van der Waals surface area contributed by atoms with Crippen molar-refractivity contribution in [2.75, 3.05) is 0 Å². The maximum atomic E-state index is 11.2. The highest BCUT2D eigenvalue weighted by Gasteiger charge is 2.22. The average Bonchev–Trinajstić information content (AvgIpc) is 2.54. The van der Waals surface area contributed by atoms with Gasteiger partial charge in [-0.25, -0.2) is 9.59 Å². The molecule has 0 spiro atoms. The SMILES string of the molecule is C=CC(=O)OC(C)OC(OC(C)OC(=O)C=C)c1ccccc1. The summed E-state index contributed by atoms with van der Waals surface area (Å²) in [4.78, 5) is 22.4. The van der Waals surface area contributed by atoms with Crippen LogP contribution in [0, 0.1) is 0 Å². The summed E-state index contributed by atoms with van der Waals surface area (Å²) in [5.41, 5.74) is 0.676. The summed E-state index contributed by atoms with van der Waals surface area (Å²) in [7, 11) is 0. The molecule has 6 heteroatoms. The van der Waals surface area contributed by atoms with Gasteiger partial charge in [0.05, 0.1) is 0 Å². The number of benzene rings is 1. The second-order valence-electron chi connectivity index (χ2n) is 4.43. The van der Waals surface area contributed by atoms with E-state index in [-0.39, 0.29) is 0 Å². The summed E-state index contributed by atoms with van der Waals surface area (Å²) >= 11 is 0. The molecule has 1 aromatic carbocycles. The van der Waals surface area contributed by atoms with Crippen LogP contribution in [0.2, 0.25) is 0 Å². The molecule has 23 heavy (non-hydrogen) atoms. The molecule has 124 valence electrons. The monoisotopic (exact) mass is 320 g/mol. The molecule has 2 unspecified atom stereocenters. The highest BCUT2D eigenvalue weighted by molar-refractivity contribution is 5.81. The van der Waals surface area contributed by atoms with Crippen molar-refractivity contribution in [1.82, 2.24) is 0 Å². The third-order valence-corrected chi connectivity index (χ3v) is 2.60. The predicted octanol–water partition coefficient (Wildman–Crippen LogP) is 2.87. The van der Waals surface area contributed by atoms with Crippen LogP contribution in [0.5, 0.6) is 0 Å². The Morgan fingerprint density at radius 1 is 0.913 bits per heavy atom. The molecular weight excluding hydrogens is 300 g/mol. The minimum Gasteiger partial charge on any atom is -0.433 e. The van der Waals surface area contributed by atoms with Gasteiger partial charge in [-0.2, -0.15) is 0 Å². The van der Waals surface area contributed by atoms with Crippen molar-refractivity contribution >= 4 is 11.9 Å². The van der Waals surface area contributed by atoms with Crippen molar-refractivity contribution in [3.63, 3.8) is 0 Å². The Morgan fingerprint density at radius 3 is 1.74 bits per heavy atom. The van der Waals surface area contributed by atoms with Crippen molar-refractivity contribution in [1.29, 1.82) is 0 Å². The van der Waals surface area contributed by atoms with Gasteiger partial charge in [0.1, 0.15) is 0 Å². The lowest BCUT2D eigenvalue weighted by Gasteiger charge is -2.25. The molecule has 0 saturated carbocycles. The number of ether oxygens (including phenoxy) is 4. The van der Waals surface area contributed by atoms with Crippen LogP contribution in [-0.4, -0.2) is 24.5 Å². The van der Waals surface area contributed by atoms with Gasteiger partial charge in [-0.05, 0) is 13.8 Å². The third kappa shape index (κ3) is 6.90. The van der Waals surface area contributed by atoms with Crippen LogP contribution in [0.4, 0.5) is 0 Å². The van der Waals surface area contributed by atoms with Crippen LogP contribution in [0.3, 0.4) is 0 Å². The molecule has 0 N–H and O–H groups in total. The van der Waals surface area contributed by atoms with E-state index >= 15 is 0 Å². The Balaban J connectivity index is 2.77. The summed E-state index contributed by atoms with van der Waals surface area (Å²) in [5.74, 6) is -1.23. The van der Waals surface area contributed by atoms with Crippen molar-refractivity contribution in [3.05, 3.63) is 61.2 Å². The number of hydrogen-bond donors (Lipinski definition) is 0. The molecule has 0 amide bonds. The van der Waals surface area contributed by atoms with Gasteiger partial charge in [0.15, 0.2) is 6.29 Å². The van der Waals surface area contributed by atoms with Gasteiger partial charge in [-0.3, -0.25) is 0 Å². The highest BCUT2D eigenvalue weighted by atomic mass is 16.8. The standard InChI is InChI=1S/C17H20O6/c1-5-15(18)20-12(3)22-17(14-10-8-7-9-11-14)23-13(4)21-16(19)6-2/h5-13,17H,1-2H2,3-4H3. The van der Waals surface area contributed by atoms with E-state index in [0.717, 1.165) is 12.2 Å². The van der Waals surface area contributed by atoms with E-state index in [4.69, 9.17) is 18.9 Å². The smallest absolute Gasteiger partial charge is 0.332 e. The van der Waals surface area contributed by atoms with Crippen LogP contribution in [-0.2, 0) is 28.5 Å². The van der Waals surface area contributed by atoms with Gasteiger partial charge >= 0.3 is 11.9 Å². The average molecular weight is 320 g/mol. The maximum Gasteiger partial charge on any atom is 0.332 e. The first-order valence-electron chi connectivity index (χ1n) is 6.98. The minimum atomic E-state index is -0.892. The summed E-state index contributed by atoms with van der Waals surface area (Å²) in [6.45, 7) is 9.71. The van der Waals surface area contributed by atoms with Crippen LogP contribution in [0.15, 0.2) is 55.6 Å². The van der Waals surface area contributed by atoms with E-state index in [1.807, 2.05) is 6.07 Å². The zero-order valence-corrected chi connectivity index (χ0v) is 13.1. The predicted molar refractivity (Wildman–Crippen MR) is 82.9 cm³/mol. The number of carbonyl (C=O) groups excluding carboxylic acids is 2. The quantitative estimate of drug-likeness (QED) is 0.396. The van der Waals surface area contributed by atoms with Gasteiger partial charge in [-0.15, -0.1) is 0 Å². The van der Waals surface area contributed by atoms with Gasteiger partial charge in [0, 0.05) is 17.7 Å². The van der Waals surface area contributed by atoms with Gasteiger partial charge in [-0.1, -0.05) is 43.5 Å². The fourth-order valence-corrected chi connectivity index (χ4v) is 1.63. The molecule has 1 rings (SSSR count). The summed E-state index contributed by atoms with van der Waals surface area (Å²) in [6, 6.07) is 8.98. The van der Waals surface area contributed by atoms with Gasteiger partial charge < -0.3 is 18.9 Å². The first-order valence-corrected chi connectivity index (χ1v) is 6.98. The van der Waals surface area contributed by atoms with Crippen LogP contribution in [0.1, 0.15) is 25.7 Å². The Bertz CT molecular complexity index is 509. The van der Waals surface area contributed by atoms with Crippen molar-refractivity contribution in [3.8, 4) is 0 Å². The molecule has 0 aliphatic carbocycles. The molecule has 0 heterocycles. The molecule has 0 fully saturated rings. The zero-order valence-electron chi connectivity index (χ0n) is 13.1. The van der Waals surface area contributed by atoms with Crippen LogP contribution >= 0.6 is 0 Å². The summed E-state index contributed by atoms with van der Waals surface area (Å²) < 4.78 is 21.0. The Morgan fingerprint density at radius 2 is 1.35 bits per heavy atom. The van der Waals surface area contributed by atoms with E-state index in [1.165, 1.54) is 0 Å². The third-order valence-electron chi connectivity index (χ3n) is 2.60. The number of rotatable bonds is 9. The van der Waals surface area contributed by atoms with E-state index in [9.17, 15) is 9.59 Å². The van der Waals surface area contributed by atoms with E-state index in [0.29, 0.717) is 5.56 Å². The largest absolute Gasteiger partial charge is 0.433 e. The van der Waals surface area contributed by atoms with Crippen LogP contribution in [0.25, 0.3) is 0 Å². The first-order chi connectivity index (χ1) is 11.0.